The van der Waals surface area contributed by atoms with Gasteiger partial charge in [0, 0.05) is 0 Å². The molecule has 6 nitrogen and oxygen atoms in total. The van der Waals surface area contributed by atoms with Crippen LogP contribution in [0.4, 0.5) is 0 Å². The Morgan fingerprint density at radius 3 is 2.42 bits per heavy atom. The fraction of sp³-hybridized carbons (Fsp3) is 0.833. The molecule has 2 atom stereocenters. The highest BCUT2D eigenvalue weighted by Crippen LogP contribution is 2.27. The van der Waals surface area contributed by atoms with Crippen molar-refractivity contribution in [1.29, 1.82) is 5.26 Å². The van der Waals surface area contributed by atoms with E-state index in [1.165, 1.54) is 0 Å². The molecule has 0 bridgehead atoms. The maximum absolute atomic E-state index is 12.0. The molecule has 0 heterocycles. The van der Waals surface area contributed by atoms with E-state index in [0.717, 1.165) is 19.3 Å². The van der Waals surface area contributed by atoms with Gasteiger partial charge in [-0.05, 0) is 25.2 Å². The van der Waals surface area contributed by atoms with E-state index in [1.807, 2.05) is 0 Å². The largest absolute Gasteiger partial charge is 0.480 e. The summed E-state index contributed by atoms with van der Waals surface area (Å²) in [6.07, 6.45) is 4.47. The van der Waals surface area contributed by atoms with Crippen LogP contribution in [-0.2, 0) is 14.8 Å². The van der Waals surface area contributed by atoms with E-state index in [-0.39, 0.29) is 12.3 Å². The van der Waals surface area contributed by atoms with Gasteiger partial charge in [0.25, 0.3) is 0 Å². The molecule has 19 heavy (non-hydrogen) atoms. The topological polar surface area (TPSA) is 107 Å². The summed E-state index contributed by atoms with van der Waals surface area (Å²) in [4.78, 5) is 11.3. The summed E-state index contributed by atoms with van der Waals surface area (Å²) in [5.41, 5.74) is 0. The highest BCUT2D eigenvalue weighted by atomic mass is 32.2. The minimum atomic E-state index is -3.91. The third-order valence-electron chi connectivity index (χ3n) is 3.57. The second-order valence-electron chi connectivity index (χ2n) is 4.90. The Labute approximate surface area is 113 Å². The van der Waals surface area contributed by atoms with E-state index in [0.29, 0.717) is 12.8 Å². The molecule has 0 aromatic rings. The Morgan fingerprint density at radius 1 is 1.42 bits per heavy atom. The normalized spacial score (nSPS) is 20.4. The standard InChI is InChI=1S/C12H20N2O4S/c1-2-10(8-13)19(17,18)14-11(12(15)16)9-6-4-3-5-7-9/h9-11,14H,2-7H2,1H3,(H,15,16). The third-order valence-corrected chi connectivity index (χ3v) is 5.34. The van der Waals surface area contributed by atoms with Crippen molar-refractivity contribution >= 4 is 16.0 Å². The van der Waals surface area contributed by atoms with Gasteiger partial charge in [-0.15, -0.1) is 0 Å². The SMILES string of the molecule is CCC(C#N)S(=O)(=O)NC(C(=O)O)C1CCCCC1. The first-order valence-electron chi connectivity index (χ1n) is 6.56. The Bertz CT molecular complexity index is 449. The van der Waals surface area contributed by atoms with Crippen molar-refractivity contribution in [3.63, 3.8) is 0 Å². The lowest BCUT2D eigenvalue weighted by molar-refractivity contribution is -0.140. The minimum absolute atomic E-state index is 0.142. The Kier molecular flexibility index (Phi) is 5.76. The van der Waals surface area contributed by atoms with Gasteiger partial charge in [0.2, 0.25) is 10.0 Å². The van der Waals surface area contributed by atoms with Crippen LogP contribution in [0, 0.1) is 17.2 Å². The van der Waals surface area contributed by atoms with Gasteiger partial charge in [-0.2, -0.15) is 9.98 Å². The Hall–Kier alpha value is -1.13. The van der Waals surface area contributed by atoms with Crippen LogP contribution in [0.2, 0.25) is 0 Å². The van der Waals surface area contributed by atoms with Crippen LogP contribution < -0.4 is 4.72 Å². The maximum Gasteiger partial charge on any atom is 0.322 e. The summed E-state index contributed by atoms with van der Waals surface area (Å²) in [5, 5.41) is 16.8. The number of nitrogens with zero attached hydrogens (tertiary/aromatic N) is 1. The number of hydrogen-bond acceptors (Lipinski definition) is 4. The van der Waals surface area contributed by atoms with Gasteiger partial charge in [0.1, 0.15) is 6.04 Å². The van der Waals surface area contributed by atoms with Crippen molar-refractivity contribution in [2.24, 2.45) is 5.92 Å². The monoisotopic (exact) mass is 288 g/mol. The summed E-state index contributed by atoms with van der Waals surface area (Å²) in [5.74, 6) is -1.35. The molecule has 0 amide bonds. The fourth-order valence-corrected chi connectivity index (χ4v) is 3.84. The highest BCUT2D eigenvalue weighted by Gasteiger charge is 2.35. The molecule has 1 aliphatic carbocycles. The average Bonchev–Trinajstić information content (AvgIpc) is 2.38. The van der Waals surface area contributed by atoms with Crippen LogP contribution in [0.1, 0.15) is 45.4 Å². The van der Waals surface area contributed by atoms with Gasteiger partial charge in [0.05, 0.1) is 6.07 Å². The van der Waals surface area contributed by atoms with Gasteiger partial charge < -0.3 is 5.11 Å². The molecule has 2 unspecified atom stereocenters. The quantitative estimate of drug-likeness (QED) is 0.764. The summed E-state index contributed by atoms with van der Waals surface area (Å²) in [6, 6.07) is 0.578. The van der Waals surface area contributed by atoms with E-state index in [9.17, 15) is 18.3 Å². The maximum atomic E-state index is 12.0. The van der Waals surface area contributed by atoms with Crippen molar-refractivity contribution in [1.82, 2.24) is 4.72 Å². The van der Waals surface area contributed by atoms with Crippen molar-refractivity contribution < 1.29 is 18.3 Å². The second kappa shape index (κ2) is 6.87. The zero-order valence-corrected chi connectivity index (χ0v) is 11.8. The van der Waals surface area contributed by atoms with Crippen molar-refractivity contribution in [3.05, 3.63) is 0 Å². The Morgan fingerprint density at radius 2 is 2.00 bits per heavy atom. The molecule has 0 aliphatic heterocycles. The van der Waals surface area contributed by atoms with Crippen LogP contribution in [0.25, 0.3) is 0 Å². The molecular formula is C12H20N2O4S. The van der Waals surface area contributed by atoms with Crippen LogP contribution in [-0.4, -0.2) is 30.8 Å². The summed E-state index contributed by atoms with van der Waals surface area (Å²) in [6.45, 7) is 1.59. The van der Waals surface area contributed by atoms with Gasteiger partial charge >= 0.3 is 5.97 Å². The average molecular weight is 288 g/mol. The summed E-state index contributed by atoms with van der Waals surface area (Å²) in [7, 11) is -3.91. The van der Waals surface area contributed by atoms with E-state index >= 15 is 0 Å². The number of nitriles is 1. The zero-order valence-electron chi connectivity index (χ0n) is 11.0. The Balaban J connectivity index is 2.84. The number of aliphatic carboxylic acids is 1. The third kappa shape index (κ3) is 4.18. The minimum Gasteiger partial charge on any atom is -0.480 e. The first-order valence-corrected chi connectivity index (χ1v) is 8.10. The number of sulfonamides is 1. The van der Waals surface area contributed by atoms with Crippen molar-refractivity contribution in [3.8, 4) is 6.07 Å². The number of hydrogen-bond donors (Lipinski definition) is 2. The number of carboxylic acids is 1. The van der Waals surface area contributed by atoms with Gasteiger partial charge in [-0.1, -0.05) is 26.2 Å². The highest BCUT2D eigenvalue weighted by molar-refractivity contribution is 7.90. The summed E-state index contributed by atoms with van der Waals surface area (Å²) < 4.78 is 26.1. The lowest BCUT2D eigenvalue weighted by atomic mass is 9.84. The molecule has 0 radical (unpaired) electrons. The zero-order chi connectivity index (χ0) is 14.5. The van der Waals surface area contributed by atoms with E-state index in [2.05, 4.69) is 4.72 Å². The molecular weight excluding hydrogens is 268 g/mol. The smallest absolute Gasteiger partial charge is 0.322 e. The van der Waals surface area contributed by atoms with E-state index in [1.54, 1.807) is 13.0 Å². The lowest BCUT2D eigenvalue weighted by Gasteiger charge is -2.28. The molecule has 2 N–H and O–H groups in total. The molecule has 0 saturated heterocycles. The van der Waals surface area contributed by atoms with Crippen LogP contribution in [0.15, 0.2) is 0 Å². The first-order chi connectivity index (χ1) is 8.92. The molecule has 0 spiro atoms. The van der Waals surface area contributed by atoms with Crippen molar-refractivity contribution in [2.45, 2.75) is 56.7 Å². The van der Waals surface area contributed by atoms with Crippen LogP contribution in [0.5, 0.6) is 0 Å². The van der Waals surface area contributed by atoms with E-state index < -0.39 is 27.3 Å². The van der Waals surface area contributed by atoms with Crippen LogP contribution in [0.3, 0.4) is 0 Å². The van der Waals surface area contributed by atoms with E-state index in [4.69, 9.17) is 5.26 Å². The predicted octanol–water partition coefficient (Wildman–Crippen LogP) is 1.24. The summed E-state index contributed by atoms with van der Waals surface area (Å²) >= 11 is 0. The van der Waals surface area contributed by atoms with Gasteiger partial charge in [-0.3, -0.25) is 4.79 Å². The molecule has 7 heteroatoms. The second-order valence-corrected chi connectivity index (χ2v) is 6.80. The number of carbonyl (C=O) groups is 1. The molecule has 108 valence electrons. The molecule has 0 aromatic carbocycles. The molecule has 1 rings (SSSR count). The number of nitrogens with one attached hydrogen (secondary N) is 1. The molecule has 1 aliphatic rings. The molecule has 0 aromatic heterocycles. The fourth-order valence-electron chi connectivity index (χ4n) is 2.45. The molecule has 1 fully saturated rings. The van der Waals surface area contributed by atoms with Gasteiger partial charge in [-0.25, -0.2) is 8.42 Å². The first kappa shape index (κ1) is 15.9. The molecule has 1 saturated carbocycles. The van der Waals surface area contributed by atoms with Crippen molar-refractivity contribution in [2.75, 3.05) is 0 Å². The number of carboxylic acid groups (broad SMARTS) is 1. The lowest BCUT2D eigenvalue weighted by Crippen LogP contribution is -2.49. The predicted molar refractivity (Wildman–Crippen MR) is 69.7 cm³/mol. The number of rotatable bonds is 6. The van der Waals surface area contributed by atoms with Crippen LogP contribution >= 0.6 is 0 Å². The van der Waals surface area contributed by atoms with Gasteiger partial charge in [0.15, 0.2) is 5.25 Å².